The fourth-order valence-corrected chi connectivity index (χ4v) is 1.97. The van der Waals surface area contributed by atoms with Crippen LogP contribution >= 0.6 is 0 Å². The highest BCUT2D eigenvalue weighted by atomic mass is 16.5. The van der Waals surface area contributed by atoms with Gasteiger partial charge in [-0.05, 0) is 18.6 Å². The number of rotatable bonds is 4. The van der Waals surface area contributed by atoms with Crippen molar-refractivity contribution in [2.45, 2.75) is 19.4 Å². The molecule has 6 nitrogen and oxygen atoms in total. The summed E-state index contributed by atoms with van der Waals surface area (Å²) in [5, 5.41) is 12.0. The summed E-state index contributed by atoms with van der Waals surface area (Å²) in [5.74, 6) is 0.656. The van der Waals surface area contributed by atoms with Crippen LogP contribution in [-0.2, 0) is 4.74 Å². The molecule has 0 spiro atoms. The molecule has 1 amide bonds. The number of carbonyl (C=O) groups excluding carboxylic acids is 1. The van der Waals surface area contributed by atoms with Gasteiger partial charge in [0, 0.05) is 19.3 Å². The Morgan fingerprint density at radius 1 is 1.65 bits per heavy atom. The van der Waals surface area contributed by atoms with Gasteiger partial charge in [0.25, 0.3) is 5.91 Å². The molecule has 1 aromatic heterocycles. The minimum absolute atomic E-state index is 0.108. The molecule has 2 heterocycles. The van der Waals surface area contributed by atoms with E-state index in [4.69, 9.17) is 10.00 Å². The molecule has 0 saturated carbocycles. The van der Waals surface area contributed by atoms with E-state index in [-0.39, 0.29) is 5.91 Å². The van der Waals surface area contributed by atoms with Crippen LogP contribution in [0.15, 0.2) is 18.3 Å². The van der Waals surface area contributed by atoms with E-state index in [9.17, 15) is 4.79 Å². The first-order chi connectivity index (χ1) is 9.74. The summed E-state index contributed by atoms with van der Waals surface area (Å²) < 4.78 is 5.23. The second kappa shape index (κ2) is 6.87. The zero-order chi connectivity index (χ0) is 14.4. The van der Waals surface area contributed by atoms with Gasteiger partial charge in [0.15, 0.2) is 6.10 Å². The lowest BCUT2D eigenvalue weighted by Gasteiger charge is -2.29. The third-order valence-electron chi connectivity index (χ3n) is 3.06. The van der Waals surface area contributed by atoms with Gasteiger partial charge < -0.3 is 15.0 Å². The molecule has 106 valence electrons. The third-order valence-corrected chi connectivity index (χ3v) is 3.06. The maximum atomic E-state index is 12.3. The van der Waals surface area contributed by atoms with Crippen LogP contribution in [0.5, 0.6) is 0 Å². The number of ether oxygens (including phenoxy) is 1. The molecule has 1 fully saturated rings. The van der Waals surface area contributed by atoms with Crippen molar-refractivity contribution in [3.8, 4) is 6.07 Å². The van der Waals surface area contributed by atoms with Crippen molar-refractivity contribution >= 4 is 11.7 Å². The summed E-state index contributed by atoms with van der Waals surface area (Å²) in [6.45, 7) is 4.15. The minimum Gasteiger partial charge on any atom is -0.370 e. The van der Waals surface area contributed by atoms with E-state index < -0.39 is 6.10 Å². The van der Waals surface area contributed by atoms with Gasteiger partial charge in [-0.3, -0.25) is 4.79 Å². The minimum atomic E-state index is -0.536. The first-order valence-electron chi connectivity index (χ1n) is 6.75. The average Bonchev–Trinajstić information content (AvgIpc) is 2.52. The Balaban J connectivity index is 2.00. The predicted molar refractivity (Wildman–Crippen MR) is 74.3 cm³/mol. The predicted octanol–water partition coefficient (Wildman–Crippen LogP) is 1.27. The van der Waals surface area contributed by atoms with E-state index in [1.165, 1.54) is 0 Å². The highest BCUT2D eigenvalue weighted by Gasteiger charge is 2.24. The molecule has 2 rings (SSSR count). The molecule has 1 aromatic rings. The number of aromatic nitrogens is 1. The van der Waals surface area contributed by atoms with Gasteiger partial charge >= 0.3 is 0 Å². The highest BCUT2D eigenvalue weighted by Crippen LogP contribution is 2.11. The van der Waals surface area contributed by atoms with Crippen LogP contribution < -0.4 is 5.32 Å². The van der Waals surface area contributed by atoms with Gasteiger partial charge in [-0.2, -0.15) is 5.26 Å². The normalized spacial score (nSPS) is 18.4. The average molecular weight is 274 g/mol. The van der Waals surface area contributed by atoms with E-state index in [1.54, 1.807) is 23.2 Å². The number of carbonyl (C=O) groups is 1. The topological polar surface area (TPSA) is 78.3 Å². The van der Waals surface area contributed by atoms with Crippen molar-refractivity contribution in [3.05, 3.63) is 23.9 Å². The molecule has 1 atom stereocenters. The lowest BCUT2D eigenvalue weighted by molar-refractivity contribution is 0.00345. The molecule has 0 aliphatic carbocycles. The van der Waals surface area contributed by atoms with Crippen molar-refractivity contribution in [1.82, 2.24) is 9.88 Å². The standard InChI is InChI=1S/C14H18N4O2/c1-2-5-16-13-4-3-11(9-17-13)14(19)18-6-7-20-12(8-15)10-18/h3-4,9,12H,2,5-7,10H2,1H3,(H,16,17). The summed E-state index contributed by atoms with van der Waals surface area (Å²) in [6.07, 6.45) is 2.05. The molecule has 1 aliphatic rings. The highest BCUT2D eigenvalue weighted by molar-refractivity contribution is 5.94. The lowest BCUT2D eigenvalue weighted by Crippen LogP contribution is -2.45. The molecule has 20 heavy (non-hydrogen) atoms. The number of hydrogen-bond donors (Lipinski definition) is 1. The first kappa shape index (κ1) is 14.3. The Bertz CT molecular complexity index is 495. The maximum Gasteiger partial charge on any atom is 0.255 e. The van der Waals surface area contributed by atoms with Crippen molar-refractivity contribution in [1.29, 1.82) is 5.26 Å². The van der Waals surface area contributed by atoms with Crippen LogP contribution in [0.2, 0.25) is 0 Å². The van der Waals surface area contributed by atoms with E-state index in [2.05, 4.69) is 17.2 Å². The van der Waals surface area contributed by atoms with E-state index in [1.807, 2.05) is 6.07 Å². The molecular formula is C14H18N4O2. The van der Waals surface area contributed by atoms with E-state index in [0.29, 0.717) is 25.3 Å². The quantitative estimate of drug-likeness (QED) is 0.894. The van der Waals surface area contributed by atoms with Crippen LogP contribution in [0.1, 0.15) is 23.7 Å². The SMILES string of the molecule is CCCNc1ccc(C(=O)N2CCOC(C#N)C2)cn1. The third kappa shape index (κ3) is 3.45. The monoisotopic (exact) mass is 274 g/mol. The fourth-order valence-electron chi connectivity index (χ4n) is 1.97. The molecule has 1 N–H and O–H groups in total. The second-order valence-corrected chi connectivity index (χ2v) is 4.60. The smallest absolute Gasteiger partial charge is 0.255 e. The molecule has 6 heteroatoms. The van der Waals surface area contributed by atoms with Crippen molar-refractivity contribution in [2.75, 3.05) is 31.6 Å². The Labute approximate surface area is 118 Å². The Morgan fingerprint density at radius 3 is 3.15 bits per heavy atom. The molecule has 0 bridgehead atoms. The number of morpholine rings is 1. The number of amides is 1. The Kier molecular flexibility index (Phi) is 4.91. The number of nitriles is 1. The molecule has 0 aromatic carbocycles. The number of nitrogens with zero attached hydrogens (tertiary/aromatic N) is 3. The summed E-state index contributed by atoms with van der Waals surface area (Å²) >= 11 is 0. The number of nitrogens with one attached hydrogen (secondary N) is 1. The summed E-state index contributed by atoms with van der Waals surface area (Å²) in [6, 6.07) is 5.58. The van der Waals surface area contributed by atoms with Crippen molar-refractivity contribution in [2.24, 2.45) is 0 Å². The second-order valence-electron chi connectivity index (χ2n) is 4.60. The van der Waals surface area contributed by atoms with Gasteiger partial charge in [-0.1, -0.05) is 6.92 Å². The molecule has 1 saturated heterocycles. The van der Waals surface area contributed by atoms with E-state index in [0.717, 1.165) is 18.8 Å². The zero-order valence-electron chi connectivity index (χ0n) is 11.5. The van der Waals surface area contributed by atoms with Gasteiger partial charge in [0.2, 0.25) is 0 Å². The first-order valence-corrected chi connectivity index (χ1v) is 6.75. The van der Waals surface area contributed by atoms with Crippen LogP contribution in [0.4, 0.5) is 5.82 Å². The molecule has 0 radical (unpaired) electrons. The van der Waals surface area contributed by atoms with Crippen LogP contribution in [0.25, 0.3) is 0 Å². The molecule has 1 aliphatic heterocycles. The number of hydrogen-bond acceptors (Lipinski definition) is 5. The van der Waals surface area contributed by atoms with Crippen LogP contribution in [0, 0.1) is 11.3 Å². The molecule has 1 unspecified atom stereocenters. The Morgan fingerprint density at radius 2 is 2.50 bits per heavy atom. The number of pyridine rings is 1. The molecular weight excluding hydrogens is 256 g/mol. The summed E-state index contributed by atoms with van der Waals surface area (Å²) in [5.41, 5.74) is 0.533. The van der Waals surface area contributed by atoms with Crippen molar-refractivity contribution in [3.63, 3.8) is 0 Å². The Hall–Kier alpha value is -2.13. The fraction of sp³-hybridized carbons (Fsp3) is 0.500. The lowest BCUT2D eigenvalue weighted by atomic mass is 10.2. The maximum absolute atomic E-state index is 12.3. The summed E-state index contributed by atoms with van der Waals surface area (Å²) in [4.78, 5) is 18.1. The zero-order valence-corrected chi connectivity index (χ0v) is 11.5. The van der Waals surface area contributed by atoms with Gasteiger partial charge in [-0.15, -0.1) is 0 Å². The van der Waals surface area contributed by atoms with Crippen molar-refractivity contribution < 1.29 is 9.53 Å². The van der Waals surface area contributed by atoms with Gasteiger partial charge in [0.05, 0.1) is 24.8 Å². The van der Waals surface area contributed by atoms with Crippen LogP contribution in [-0.4, -0.2) is 48.1 Å². The van der Waals surface area contributed by atoms with E-state index >= 15 is 0 Å². The van der Waals surface area contributed by atoms with Gasteiger partial charge in [0.1, 0.15) is 5.82 Å². The van der Waals surface area contributed by atoms with Gasteiger partial charge in [-0.25, -0.2) is 4.98 Å². The number of anilines is 1. The largest absolute Gasteiger partial charge is 0.370 e. The van der Waals surface area contributed by atoms with Crippen LogP contribution in [0.3, 0.4) is 0 Å². The summed E-state index contributed by atoms with van der Waals surface area (Å²) in [7, 11) is 0.